The van der Waals surface area contributed by atoms with Crippen LogP contribution in [0.5, 0.6) is 0 Å². The maximum Gasteiger partial charge on any atom is 0.141 e. The van der Waals surface area contributed by atoms with E-state index in [-0.39, 0.29) is 0 Å². The SMILES string of the molecule is N#Cc1cc(-c2ccc(-c3ccc4c5c6ccccc6c(-c6ccccc6)cc5n(-c5ccccc5)c4c3)cc2)ccn1. The van der Waals surface area contributed by atoms with Gasteiger partial charge in [-0.25, -0.2) is 4.98 Å². The monoisotopic (exact) mass is 547 g/mol. The third-order valence-corrected chi connectivity index (χ3v) is 8.30. The summed E-state index contributed by atoms with van der Waals surface area (Å²) < 4.78 is 2.40. The normalized spacial score (nSPS) is 11.2. The van der Waals surface area contributed by atoms with E-state index in [4.69, 9.17) is 0 Å². The molecule has 2 heterocycles. The molecule has 2 aromatic heterocycles. The molecule has 0 spiro atoms. The molecule has 0 aliphatic heterocycles. The topological polar surface area (TPSA) is 41.6 Å². The first-order chi connectivity index (χ1) is 21.3. The third-order valence-electron chi connectivity index (χ3n) is 8.30. The molecule has 0 aliphatic carbocycles. The van der Waals surface area contributed by atoms with Gasteiger partial charge in [-0.05, 0) is 80.6 Å². The van der Waals surface area contributed by atoms with Gasteiger partial charge in [0.1, 0.15) is 11.8 Å². The predicted octanol–water partition coefficient (Wildman–Crippen LogP) is 10.2. The van der Waals surface area contributed by atoms with Gasteiger partial charge in [-0.3, -0.25) is 0 Å². The highest BCUT2D eigenvalue weighted by molar-refractivity contribution is 6.24. The highest BCUT2D eigenvalue weighted by Crippen LogP contribution is 2.42. The zero-order chi connectivity index (χ0) is 28.8. The summed E-state index contributed by atoms with van der Waals surface area (Å²) in [4.78, 5) is 4.11. The van der Waals surface area contributed by atoms with Crippen LogP contribution in [0.2, 0.25) is 0 Å². The minimum absolute atomic E-state index is 0.420. The van der Waals surface area contributed by atoms with Crippen LogP contribution in [0.3, 0.4) is 0 Å². The molecule has 8 rings (SSSR count). The molecule has 3 nitrogen and oxygen atoms in total. The Morgan fingerprint density at radius 3 is 1.84 bits per heavy atom. The van der Waals surface area contributed by atoms with Crippen LogP contribution in [0, 0.1) is 11.3 Å². The number of rotatable bonds is 4. The molecule has 0 atom stereocenters. The Morgan fingerprint density at radius 1 is 0.488 bits per heavy atom. The summed E-state index contributed by atoms with van der Waals surface area (Å²) in [6.45, 7) is 0. The molecule has 0 radical (unpaired) electrons. The van der Waals surface area contributed by atoms with Crippen LogP contribution in [0.4, 0.5) is 0 Å². The van der Waals surface area contributed by atoms with Crippen LogP contribution in [-0.4, -0.2) is 9.55 Å². The molecule has 0 amide bonds. The van der Waals surface area contributed by atoms with Crippen molar-refractivity contribution in [3.05, 3.63) is 157 Å². The lowest BCUT2D eigenvalue weighted by molar-refractivity contribution is 1.18. The summed E-state index contributed by atoms with van der Waals surface area (Å²) >= 11 is 0. The molecule has 0 N–H and O–H groups in total. The first-order valence-electron chi connectivity index (χ1n) is 14.4. The maximum atomic E-state index is 9.26. The second-order valence-electron chi connectivity index (χ2n) is 10.8. The van der Waals surface area contributed by atoms with Crippen molar-refractivity contribution in [2.45, 2.75) is 0 Å². The molecule has 0 aliphatic rings. The number of para-hydroxylation sites is 1. The largest absolute Gasteiger partial charge is 0.309 e. The number of benzene rings is 6. The summed E-state index contributed by atoms with van der Waals surface area (Å²) in [6.07, 6.45) is 1.69. The Bertz CT molecular complexity index is 2330. The van der Waals surface area contributed by atoms with E-state index in [1.165, 1.54) is 43.7 Å². The van der Waals surface area contributed by atoms with Gasteiger partial charge in [0.05, 0.1) is 11.0 Å². The Hall–Kier alpha value is -5.98. The number of hydrogen-bond donors (Lipinski definition) is 0. The van der Waals surface area contributed by atoms with Gasteiger partial charge >= 0.3 is 0 Å². The van der Waals surface area contributed by atoms with E-state index in [2.05, 4.69) is 149 Å². The van der Waals surface area contributed by atoms with Gasteiger partial charge in [0, 0.05) is 22.7 Å². The number of aromatic nitrogens is 2. The zero-order valence-electron chi connectivity index (χ0n) is 23.3. The van der Waals surface area contributed by atoms with Crippen LogP contribution in [0.1, 0.15) is 5.69 Å². The van der Waals surface area contributed by atoms with E-state index in [1.807, 2.05) is 12.1 Å². The summed E-state index contributed by atoms with van der Waals surface area (Å²) in [6, 6.07) is 53.7. The first kappa shape index (κ1) is 24.8. The standard InChI is InChI=1S/C40H25N3/c41-26-32-23-31(21-22-42-32)28-17-15-27(16-18-28)30-19-20-36-38(24-30)43(33-11-5-2-6-12-33)39-25-37(29-9-3-1-4-10-29)34-13-7-8-14-35(34)40(36)39/h1-25H. The minimum Gasteiger partial charge on any atom is -0.309 e. The third kappa shape index (κ3) is 4.17. The highest BCUT2D eigenvalue weighted by Gasteiger charge is 2.18. The fraction of sp³-hybridized carbons (Fsp3) is 0. The molecule has 0 bridgehead atoms. The summed E-state index contributed by atoms with van der Waals surface area (Å²) in [5, 5.41) is 14.3. The average molecular weight is 548 g/mol. The molecule has 0 saturated carbocycles. The fourth-order valence-electron chi connectivity index (χ4n) is 6.30. The molecule has 8 aromatic rings. The summed E-state index contributed by atoms with van der Waals surface area (Å²) in [7, 11) is 0. The molecule has 0 saturated heterocycles. The lowest BCUT2D eigenvalue weighted by Crippen LogP contribution is -1.94. The number of nitriles is 1. The van der Waals surface area contributed by atoms with Crippen molar-refractivity contribution < 1.29 is 0 Å². The van der Waals surface area contributed by atoms with Crippen LogP contribution in [0.15, 0.2) is 152 Å². The Kier molecular flexibility index (Phi) is 5.84. The molecule has 6 aromatic carbocycles. The van der Waals surface area contributed by atoms with E-state index in [9.17, 15) is 5.26 Å². The van der Waals surface area contributed by atoms with Gasteiger partial charge < -0.3 is 4.57 Å². The number of pyridine rings is 1. The summed E-state index contributed by atoms with van der Waals surface area (Å²) in [5.41, 5.74) is 10.7. The zero-order valence-corrected chi connectivity index (χ0v) is 23.3. The molecule has 200 valence electrons. The molecular weight excluding hydrogens is 522 g/mol. The van der Waals surface area contributed by atoms with Gasteiger partial charge in [0.2, 0.25) is 0 Å². The lowest BCUT2D eigenvalue weighted by atomic mass is 9.94. The highest BCUT2D eigenvalue weighted by atomic mass is 15.0. The number of fused-ring (bicyclic) bond motifs is 5. The van der Waals surface area contributed by atoms with Gasteiger partial charge in [-0.2, -0.15) is 5.26 Å². The first-order valence-corrected chi connectivity index (χ1v) is 14.4. The van der Waals surface area contributed by atoms with Gasteiger partial charge in [0.25, 0.3) is 0 Å². The van der Waals surface area contributed by atoms with E-state index < -0.39 is 0 Å². The van der Waals surface area contributed by atoms with Crippen molar-refractivity contribution in [1.29, 1.82) is 5.26 Å². The van der Waals surface area contributed by atoms with Crippen molar-refractivity contribution in [2.75, 3.05) is 0 Å². The Balaban J connectivity index is 1.37. The predicted molar refractivity (Wildman–Crippen MR) is 177 cm³/mol. The van der Waals surface area contributed by atoms with Crippen molar-refractivity contribution in [2.24, 2.45) is 0 Å². The fourth-order valence-corrected chi connectivity index (χ4v) is 6.30. The smallest absolute Gasteiger partial charge is 0.141 e. The maximum absolute atomic E-state index is 9.26. The van der Waals surface area contributed by atoms with E-state index in [0.717, 1.165) is 27.9 Å². The quantitative estimate of drug-likeness (QED) is 0.220. The van der Waals surface area contributed by atoms with Crippen molar-refractivity contribution in [3.63, 3.8) is 0 Å². The number of hydrogen-bond acceptors (Lipinski definition) is 2. The van der Waals surface area contributed by atoms with Crippen LogP contribution < -0.4 is 0 Å². The van der Waals surface area contributed by atoms with Crippen molar-refractivity contribution in [3.8, 4) is 45.1 Å². The van der Waals surface area contributed by atoms with Crippen molar-refractivity contribution >= 4 is 32.6 Å². The average Bonchev–Trinajstić information content (AvgIpc) is 3.42. The second kappa shape index (κ2) is 10.1. The van der Waals surface area contributed by atoms with Crippen LogP contribution in [0.25, 0.3) is 71.6 Å². The molecule has 43 heavy (non-hydrogen) atoms. The second-order valence-corrected chi connectivity index (χ2v) is 10.8. The van der Waals surface area contributed by atoms with Gasteiger partial charge in [0.15, 0.2) is 0 Å². The Morgan fingerprint density at radius 2 is 1.12 bits per heavy atom. The lowest BCUT2D eigenvalue weighted by Gasteiger charge is -2.12. The minimum atomic E-state index is 0.420. The van der Waals surface area contributed by atoms with Gasteiger partial charge in [-0.1, -0.05) is 109 Å². The summed E-state index contributed by atoms with van der Waals surface area (Å²) in [5.74, 6) is 0. The molecule has 0 fully saturated rings. The molecular formula is C40H25N3. The van der Waals surface area contributed by atoms with E-state index >= 15 is 0 Å². The molecule has 3 heteroatoms. The Labute approximate surface area is 249 Å². The van der Waals surface area contributed by atoms with Crippen LogP contribution in [-0.2, 0) is 0 Å². The van der Waals surface area contributed by atoms with E-state index in [1.54, 1.807) is 6.20 Å². The van der Waals surface area contributed by atoms with Gasteiger partial charge in [-0.15, -0.1) is 0 Å². The molecule has 0 unspecified atom stereocenters. The number of nitrogens with zero attached hydrogens (tertiary/aromatic N) is 3. The van der Waals surface area contributed by atoms with Crippen molar-refractivity contribution in [1.82, 2.24) is 9.55 Å². The van der Waals surface area contributed by atoms with Crippen LogP contribution >= 0.6 is 0 Å². The van der Waals surface area contributed by atoms with E-state index in [0.29, 0.717) is 5.69 Å².